The molecule has 0 N–H and O–H groups in total. The Kier molecular flexibility index (Phi) is 3.20. The third-order valence-electron chi connectivity index (χ3n) is 2.47. The van der Waals surface area contributed by atoms with Crippen LogP contribution in [0.1, 0.15) is 6.42 Å². The number of methoxy groups -OCH3 is 1. The number of hydrogen-bond acceptors (Lipinski definition) is 6. The number of carbonyl (C=O) groups excluding carboxylic acids is 1. The molecule has 2 heterocycles. The summed E-state index contributed by atoms with van der Waals surface area (Å²) in [5, 5.41) is 0. The quantitative estimate of drug-likeness (QED) is 0.561. The van der Waals surface area contributed by atoms with Crippen LogP contribution in [0, 0.1) is 0 Å². The molecule has 0 aromatic carbocycles. The highest BCUT2D eigenvalue weighted by Crippen LogP contribution is 2.27. The van der Waals surface area contributed by atoms with Gasteiger partial charge in [-0.25, -0.2) is 4.79 Å². The number of rotatable bonds is 1. The van der Waals surface area contributed by atoms with Crippen molar-refractivity contribution in [3.63, 3.8) is 0 Å². The maximum absolute atomic E-state index is 11.2. The molecular formula is C9H14O6. The summed E-state index contributed by atoms with van der Waals surface area (Å²) in [7, 11) is 1.30. The summed E-state index contributed by atoms with van der Waals surface area (Å²) in [5.41, 5.74) is -0.560. The minimum Gasteiger partial charge on any atom is -0.465 e. The molecule has 0 amide bonds. The normalized spacial score (nSPS) is 30.1. The highest BCUT2D eigenvalue weighted by atomic mass is 16.8. The first kappa shape index (κ1) is 10.8. The van der Waals surface area contributed by atoms with E-state index in [1.54, 1.807) is 0 Å². The van der Waals surface area contributed by atoms with Gasteiger partial charge in [0.05, 0.1) is 26.9 Å². The summed E-state index contributed by atoms with van der Waals surface area (Å²) >= 11 is 0. The fourth-order valence-corrected chi connectivity index (χ4v) is 1.65. The molecule has 0 aliphatic carbocycles. The lowest BCUT2D eigenvalue weighted by Crippen LogP contribution is -2.54. The van der Waals surface area contributed by atoms with Gasteiger partial charge >= 0.3 is 5.97 Å². The van der Waals surface area contributed by atoms with Crippen molar-refractivity contribution >= 4 is 5.97 Å². The van der Waals surface area contributed by atoms with E-state index in [1.807, 2.05) is 0 Å². The van der Waals surface area contributed by atoms with Crippen LogP contribution in [-0.2, 0) is 28.5 Å². The Hall–Kier alpha value is -0.690. The lowest BCUT2D eigenvalue weighted by molar-refractivity contribution is -0.307. The van der Waals surface area contributed by atoms with Gasteiger partial charge < -0.3 is 23.7 Å². The first-order valence-electron chi connectivity index (χ1n) is 4.78. The zero-order valence-corrected chi connectivity index (χ0v) is 8.56. The Morgan fingerprint density at radius 3 is 2.80 bits per heavy atom. The van der Waals surface area contributed by atoms with Crippen molar-refractivity contribution in [3.8, 4) is 0 Å². The van der Waals surface area contributed by atoms with E-state index < -0.39 is 17.9 Å². The van der Waals surface area contributed by atoms with Gasteiger partial charge in [0.15, 0.2) is 0 Å². The van der Waals surface area contributed by atoms with Gasteiger partial charge in [0.25, 0.3) is 6.29 Å². The molecule has 0 aromatic rings. The third-order valence-corrected chi connectivity index (χ3v) is 2.47. The van der Waals surface area contributed by atoms with E-state index in [4.69, 9.17) is 18.9 Å². The third kappa shape index (κ3) is 2.28. The fraction of sp³-hybridized carbons (Fsp3) is 0.889. The maximum atomic E-state index is 11.2. The number of esters is 1. The van der Waals surface area contributed by atoms with Gasteiger partial charge in [-0.1, -0.05) is 0 Å². The molecule has 0 aromatic heterocycles. The summed E-state index contributed by atoms with van der Waals surface area (Å²) < 4.78 is 25.6. The van der Waals surface area contributed by atoms with Crippen molar-refractivity contribution in [2.75, 3.05) is 33.7 Å². The number of carbonyl (C=O) groups is 1. The molecule has 2 rings (SSSR count). The van der Waals surface area contributed by atoms with Gasteiger partial charge in [0, 0.05) is 6.42 Å². The Bertz CT molecular complexity index is 229. The van der Waals surface area contributed by atoms with E-state index in [2.05, 4.69) is 4.74 Å². The van der Waals surface area contributed by atoms with Crippen molar-refractivity contribution in [2.24, 2.45) is 0 Å². The lowest BCUT2D eigenvalue weighted by Gasteiger charge is -2.41. The highest BCUT2D eigenvalue weighted by molar-refractivity contribution is 5.73. The Labute approximate surface area is 87.4 Å². The van der Waals surface area contributed by atoms with Crippen LogP contribution in [0.2, 0.25) is 0 Å². The molecule has 86 valence electrons. The van der Waals surface area contributed by atoms with Crippen LogP contribution in [0.5, 0.6) is 0 Å². The van der Waals surface area contributed by atoms with E-state index in [-0.39, 0.29) is 6.79 Å². The average molecular weight is 218 g/mol. The second-order valence-corrected chi connectivity index (χ2v) is 3.59. The van der Waals surface area contributed by atoms with E-state index in [1.165, 1.54) is 7.11 Å². The average Bonchev–Trinajstić information content (AvgIpc) is 2.29. The Morgan fingerprint density at radius 2 is 2.13 bits per heavy atom. The van der Waals surface area contributed by atoms with Gasteiger partial charge in [0.2, 0.25) is 0 Å². The van der Waals surface area contributed by atoms with Gasteiger partial charge in [-0.2, -0.15) is 0 Å². The fourth-order valence-electron chi connectivity index (χ4n) is 1.65. The maximum Gasteiger partial charge on any atom is 0.363 e. The SMILES string of the molecule is COC(=O)C1OCCC2(COCOC2)O1. The van der Waals surface area contributed by atoms with E-state index in [0.717, 1.165) is 0 Å². The molecule has 6 heteroatoms. The predicted octanol–water partition coefficient (Wildman–Crippen LogP) is -0.335. The summed E-state index contributed by atoms with van der Waals surface area (Å²) in [6, 6.07) is 0. The number of ether oxygens (including phenoxy) is 5. The molecule has 2 aliphatic rings. The molecule has 6 nitrogen and oxygen atoms in total. The smallest absolute Gasteiger partial charge is 0.363 e. The molecule has 1 atom stereocenters. The molecular weight excluding hydrogens is 204 g/mol. The summed E-state index contributed by atoms with van der Waals surface area (Å²) in [6.07, 6.45) is -0.311. The van der Waals surface area contributed by atoms with Crippen LogP contribution >= 0.6 is 0 Å². The molecule has 0 saturated carbocycles. The summed E-state index contributed by atoms with van der Waals surface area (Å²) in [5.74, 6) is -0.528. The van der Waals surface area contributed by atoms with Crippen LogP contribution in [0.25, 0.3) is 0 Å². The second kappa shape index (κ2) is 4.44. The molecule has 2 fully saturated rings. The van der Waals surface area contributed by atoms with Crippen molar-refractivity contribution in [2.45, 2.75) is 18.3 Å². The van der Waals surface area contributed by atoms with E-state index in [9.17, 15) is 4.79 Å². The Morgan fingerprint density at radius 1 is 1.40 bits per heavy atom. The van der Waals surface area contributed by atoms with Crippen molar-refractivity contribution in [3.05, 3.63) is 0 Å². The van der Waals surface area contributed by atoms with Gasteiger partial charge in [0.1, 0.15) is 12.4 Å². The van der Waals surface area contributed by atoms with Crippen LogP contribution in [-0.4, -0.2) is 51.6 Å². The van der Waals surface area contributed by atoms with E-state index >= 15 is 0 Å². The molecule has 1 spiro atoms. The van der Waals surface area contributed by atoms with Crippen molar-refractivity contribution < 1.29 is 28.5 Å². The highest BCUT2D eigenvalue weighted by Gasteiger charge is 2.43. The van der Waals surface area contributed by atoms with Gasteiger partial charge in [-0.05, 0) is 0 Å². The predicted molar refractivity (Wildman–Crippen MR) is 47.0 cm³/mol. The monoisotopic (exact) mass is 218 g/mol. The minimum absolute atomic E-state index is 0.273. The second-order valence-electron chi connectivity index (χ2n) is 3.59. The summed E-state index contributed by atoms with van der Waals surface area (Å²) in [6.45, 7) is 1.55. The Balaban J connectivity index is 1.99. The zero-order valence-electron chi connectivity index (χ0n) is 8.56. The molecule has 1 unspecified atom stereocenters. The van der Waals surface area contributed by atoms with Crippen LogP contribution in [0.4, 0.5) is 0 Å². The standard InChI is InChI=1S/C9H14O6/c1-11-7(10)8-14-3-2-9(15-8)4-12-6-13-5-9/h8H,2-6H2,1H3. The first-order chi connectivity index (χ1) is 7.26. The zero-order chi connectivity index (χ0) is 10.7. The first-order valence-corrected chi connectivity index (χ1v) is 4.78. The van der Waals surface area contributed by atoms with Crippen molar-refractivity contribution in [1.29, 1.82) is 0 Å². The molecule has 0 bridgehead atoms. The van der Waals surface area contributed by atoms with Crippen molar-refractivity contribution in [1.82, 2.24) is 0 Å². The van der Waals surface area contributed by atoms with Crippen LogP contribution in [0.3, 0.4) is 0 Å². The van der Waals surface area contributed by atoms with Gasteiger partial charge in [-0.15, -0.1) is 0 Å². The topological polar surface area (TPSA) is 63.2 Å². The summed E-state index contributed by atoms with van der Waals surface area (Å²) in [4.78, 5) is 11.2. The van der Waals surface area contributed by atoms with Crippen LogP contribution < -0.4 is 0 Å². The van der Waals surface area contributed by atoms with Crippen LogP contribution in [0.15, 0.2) is 0 Å². The molecule has 2 saturated heterocycles. The number of hydrogen-bond donors (Lipinski definition) is 0. The minimum atomic E-state index is -0.964. The van der Waals surface area contributed by atoms with Gasteiger partial charge in [-0.3, -0.25) is 0 Å². The molecule has 15 heavy (non-hydrogen) atoms. The van der Waals surface area contributed by atoms with E-state index in [0.29, 0.717) is 26.2 Å². The largest absolute Gasteiger partial charge is 0.465 e. The molecule has 0 radical (unpaired) electrons. The lowest BCUT2D eigenvalue weighted by atomic mass is 10.0. The molecule has 2 aliphatic heterocycles.